The number of hydrogen-bond donors (Lipinski definition) is 0. The van der Waals surface area contributed by atoms with E-state index in [1.165, 1.54) is 0 Å². The maximum absolute atomic E-state index is 12.2. The van der Waals surface area contributed by atoms with Gasteiger partial charge in [-0.25, -0.2) is 4.79 Å². The zero-order chi connectivity index (χ0) is 17.6. The van der Waals surface area contributed by atoms with Gasteiger partial charge in [-0.15, -0.1) is 0 Å². The second kappa shape index (κ2) is 8.36. The highest BCUT2D eigenvalue weighted by atomic mass is 19.1. The lowest BCUT2D eigenvalue weighted by molar-refractivity contribution is 0.0126. The van der Waals surface area contributed by atoms with Gasteiger partial charge in [0, 0.05) is 25.9 Å². The van der Waals surface area contributed by atoms with E-state index in [0.29, 0.717) is 19.5 Å². The predicted octanol–water partition coefficient (Wildman–Crippen LogP) is 4.37. The van der Waals surface area contributed by atoms with Gasteiger partial charge in [-0.1, -0.05) is 12.1 Å². The highest BCUT2D eigenvalue weighted by Gasteiger charge is 2.27. The third-order valence-corrected chi connectivity index (χ3v) is 3.92. The number of benzene rings is 1. The molecule has 1 saturated heterocycles. The topological polar surface area (TPSA) is 38.8 Å². The van der Waals surface area contributed by atoms with Crippen LogP contribution in [0.25, 0.3) is 0 Å². The summed E-state index contributed by atoms with van der Waals surface area (Å²) >= 11 is 0. The molecule has 0 N–H and O–H groups in total. The van der Waals surface area contributed by atoms with E-state index in [9.17, 15) is 9.18 Å². The molecular formula is C19H28FNO3. The average Bonchev–Trinajstić information content (AvgIpc) is 2.53. The smallest absolute Gasteiger partial charge is 0.410 e. The van der Waals surface area contributed by atoms with Gasteiger partial charge in [0.05, 0.1) is 6.67 Å². The minimum Gasteiger partial charge on any atom is -0.490 e. The van der Waals surface area contributed by atoms with Crippen molar-refractivity contribution in [1.29, 1.82) is 0 Å². The number of carbonyl (C=O) groups excluding carboxylic acids is 1. The number of amides is 1. The fourth-order valence-corrected chi connectivity index (χ4v) is 2.68. The molecule has 1 aromatic carbocycles. The second-order valence-corrected chi connectivity index (χ2v) is 7.22. The summed E-state index contributed by atoms with van der Waals surface area (Å²) in [6.45, 7) is 6.63. The van der Waals surface area contributed by atoms with E-state index in [1.807, 2.05) is 45.0 Å². The van der Waals surface area contributed by atoms with E-state index in [0.717, 1.165) is 30.6 Å². The number of carbonyl (C=O) groups is 1. The third kappa shape index (κ3) is 6.02. The van der Waals surface area contributed by atoms with Crippen LogP contribution in [-0.4, -0.2) is 42.5 Å². The summed E-state index contributed by atoms with van der Waals surface area (Å²) in [6.07, 6.45) is 2.76. The SMILES string of the molecule is CC(C)(C)OC(=O)N1CCC(Oc2ccc(CCCF)cc2)CC1. The van der Waals surface area contributed by atoms with Crippen LogP contribution in [0.2, 0.25) is 0 Å². The fraction of sp³-hybridized carbons (Fsp3) is 0.632. The Kier molecular flexibility index (Phi) is 6.46. The van der Waals surface area contributed by atoms with Gasteiger partial charge in [-0.3, -0.25) is 4.39 Å². The summed E-state index contributed by atoms with van der Waals surface area (Å²) in [6, 6.07) is 7.85. The lowest BCUT2D eigenvalue weighted by atomic mass is 10.1. The third-order valence-electron chi connectivity index (χ3n) is 3.92. The van der Waals surface area contributed by atoms with Crippen LogP contribution in [-0.2, 0) is 11.2 Å². The lowest BCUT2D eigenvalue weighted by Gasteiger charge is -2.33. The number of nitrogens with zero attached hydrogens (tertiary/aromatic N) is 1. The molecule has 0 aromatic heterocycles. The van der Waals surface area contributed by atoms with Gasteiger partial charge in [0.2, 0.25) is 0 Å². The Balaban J connectivity index is 1.77. The molecule has 0 aliphatic carbocycles. The van der Waals surface area contributed by atoms with Crippen LogP contribution in [0, 0.1) is 0 Å². The van der Waals surface area contributed by atoms with Crippen molar-refractivity contribution in [2.24, 2.45) is 0 Å². The molecular weight excluding hydrogens is 309 g/mol. The number of ether oxygens (including phenoxy) is 2. The van der Waals surface area contributed by atoms with Gasteiger partial charge >= 0.3 is 6.09 Å². The first kappa shape index (κ1) is 18.6. The van der Waals surface area contributed by atoms with Gasteiger partial charge in [-0.05, 0) is 51.3 Å². The van der Waals surface area contributed by atoms with Crippen molar-refractivity contribution < 1.29 is 18.7 Å². The minimum absolute atomic E-state index is 0.111. The van der Waals surface area contributed by atoms with Crippen molar-refractivity contribution in [1.82, 2.24) is 4.90 Å². The number of halogens is 1. The largest absolute Gasteiger partial charge is 0.490 e. The molecule has 0 spiro atoms. The summed E-state index contributed by atoms with van der Waals surface area (Å²) in [5.41, 5.74) is 0.661. The van der Waals surface area contributed by atoms with Crippen LogP contribution in [0.1, 0.15) is 45.6 Å². The Morgan fingerprint density at radius 1 is 1.21 bits per heavy atom. The minimum atomic E-state index is -0.464. The van der Waals surface area contributed by atoms with Crippen molar-refractivity contribution in [2.45, 2.75) is 58.2 Å². The molecule has 1 aliphatic rings. The van der Waals surface area contributed by atoms with Crippen molar-refractivity contribution in [3.05, 3.63) is 29.8 Å². The van der Waals surface area contributed by atoms with Gasteiger partial charge < -0.3 is 14.4 Å². The number of rotatable bonds is 5. The van der Waals surface area contributed by atoms with E-state index in [-0.39, 0.29) is 18.9 Å². The summed E-state index contributed by atoms with van der Waals surface area (Å²) in [5, 5.41) is 0. The molecule has 1 fully saturated rings. The molecule has 1 aliphatic heterocycles. The van der Waals surface area contributed by atoms with Crippen LogP contribution in [0.3, 0.4) is 0 Å². The van der Waals surface area contributed by atoms with E-state index < -0.39 is 5.60 Å². The molecule has 134 valence electrons. The van der Waals surface area contributed by atoms with Crippen LogP contribution in [0.15, 0.2) is 24.3 Å². The first-order valence-corrected chi connectivity index (χ1v) is 8.67. The zero-order valence-corrected chi connectivity index (χ0v) is 14.9. The summed E-state index contributed by atoms with van der Waals surface area (Å²) in [4.78, 5) is 13.8. The van der Waals surface area contributed by atoms with Gasteiger partial charge in [0.15, 0.2) is 0 Å². The van der Waals surface area contributed by atoms with E-state index in [2.05, 4.69) is 0 Å². The lowest BCUT2D eigenvalue weighted by Crippen LogP contribution is -2.44. The Labute approximate surface area is 143 Å². The van der Waals surface area contributed by atoms with Crippen LogP contribution >= 0.6 is 0 Å². The van der Waals surface area contributed by atoms with Crippen LogP contribution < -0.4 is 4.74 Å². The summed E-state index contributed by atoms with van der Waals surface area (Å²) in [5.74, 6) is 0.828. The quantitative estimate of drug-likeness (QED) is 0.801. The molecule has 5 heteroatoms. The van der Waals surface area contributed by atoms with E-state index >= 15 is 0 Å². The molecule has 4 nitrogen and oxygen atoms in total. The van der Waals surface area contributed by atoms with Gasteiger partial charge in [0.1, 0.15) is 17.5 Å². The standard InChI is InChI=1S/C19H28FNO3/c1-19(2,3)24-18(22)21-13-10-17(11-14-21)23-16-8-6-15(7-9-16)5-4-12-20/h6-9,17H,4-5,10-14H2,1-3H3. The van der Waals surface area contributed by atoms with Crippen molar-refractivity contribution in [3.8, 4) is 5.75 Å². The molecule has 2 rings (SSSR count). The Morgan fingerprint density at radius 3 is 2.38 bits per heavy atom. The van der Waals surface area contributed by atoms with E-state index in [4.69, 9.17) is 9.47 Å². The van der Waals surface area contributed by atoms with Crippen LogP contribution in [0.4, 0.5) is 9.18 Å². The second-order valence-electron chi connectivity index (χ2n) is 7.22. The van der Waals surface area contributed by atoms with Crippen molar-refractivity contribution in [2.75, 3.05) is 19.8 Å². The molecule has 1 aromatic rings. The molecule has 0 bridgehead atoms. The number of piperidine rings is 1. The zero-order valence-electron chi connectivity index (χ0n) is 14.9. The molecule has 0 atom stereocenters. The Bertz CT molecular complexity index is 516. The number of alkyl halides is 1. The summed E-state index contributed by atoms with van der Waals surface area (Å²) < 4.78 is 23.6. The number of likely N-dealkylation sites (tertiary alicyclic amines) is 1. The normalized spacial score (nSPS) is 16.1. The van der Waals surface area contributed by atoms with Gasteiger partial charge in [-0.2, -0.15) is 0 Å². The maximum Gasteiger partial charge on any atom is 0.410 e. The maximum atomic E-state index is 12.2. The molecule has 1 amide bonds. The fourth-order valence-electron chi connectivity index (χ4n) is 2.68. The monoisotopic (exact) mass is 337 g/mol. The first-order valence-electron chi connectivity index (χ1n) is 8.67. The average molecular weight is 337 g/mol. The summed E-state index contributed by atoms with van der Waals surface area (Å²) in [7, 11) is 0. The molecule has 24 heavy (non-hydrogen) atoms. The predicted molar refractivity (Wildman–Crippen MR) is 92.2 cm³/mol. The molecule has 0 radical (unpaired) electrons. The highest BCUT2D eigenvalue weighted by molar-refractivity contribution is 5.68. The number of hydrogen-bond acceptors (Lipinski definition) is 3. The molecule has 1 heterocycles. The van der Waals surface area contributed by atoms with Gasteiger partial charge in [0.25, 0.3) is 0 Å². The number of aryl methyl sites for hydroxylation is 1. The van der Waals surface area contributed by atoms with Crippen molar-refractivity contribution >= 4 is 6.09 Å². The van der Waals surface area contributed by atoms with E-state index in [1.54, 1.807) is 4.90 Å². The molecule has 0 unspecified atom stereocenters. The Hall–Kier alpha value is -1.78. The van der Waals surface area contributed by atoms with Crippen LogP contribution in [0.5, 0.6) is 5.75 Å². The van der Waals surface area contributed by atoms with Crippen molar-refractivity contribution in [3.63, 3.8) is 0 Å². The Morgan fingerprint density at radius 2 is 1.83 bits per heavy atom. The highest BCUT2D eigenvalue weighted by Crippen LogP contribution is 2.21. The molecule has 0 saturated carbocycles. The first-order chi connectivity index (χ1) is 11.4.